The van der Waals surface area contributed by atoms with Crippen LogP contribution in [0.1, 0.15) is 21.7 Å². The average molecular weight is 343 g/mol. The second-order valence-corrected chi connectivity index (χ2v) is 5.51. The molecular weight excluding hydrogens is 330 g/mol. The quantitative estimate of drug-likeness (QED) is 0.904. The molecule has 0 spiro atoms. The lowest BCUT2D eigenvalue weighted by atomic mass is 10.2. The van der Waals surface area contributed by atoms with Crippen molar-refractivity contribution >= 4 is 39.1 Å². The summed E-state index contributed by atoms with van der Waals surface area (Å²) in [6.45, 7) is 3.75. The van der Waals surface area contributed by atoms with Gasteiger partial charge in [-0.1, -0.05) is 17.7 Å². The maximum atomic E-state index is 12.3. The fraction of sp³-hybridized carbons (Fsp3) is 0.231. The van der Waals surface area contributed by atoms with Crippen LogP contribution in [0.5, 0.6) is 0 Å². The Hall–Kier alpha value is -1.33. The lowest BCUT2D eigenvalue weighted by molar-refractivity contribution is 0.101. The van der Waals surface area contributed by atoms with Crippen LogP contribution >= 0.6 is 27.5 Å². The zero-order chi connectivity index (χ0) is 14.2. The van der Waals surface area contributed by atoms with Crippen molar-refractivity contribution in [2.75, 3.05) is 5.32 Å². The molecule has 0 radical (unpaired) electrons. The zero-order valence-corrected chi connectivity index (χ0v) is 13.1. The van der Waals surface area contributed by atoms with Gasteiger partial charge in [0.1, 0.15) is 5.69 Å². The molecule has 4 nitrogen and oxygen atoms in total. The van der Waals surface area contributed by atoms with Gasteiger partial charge in [0.25, 0.3) is 5.91 Å². The minimum atomic E-state index is -0.222. The summed E-state index contributed by atoms with van der Waals surface area (Å²) in [6, 6.07) is 5.38. The molecule has 0 unspecified atom stereocenters. The van der Waals surface area contributed by atoms with Gasteiger partial charge in [-0.3, -0.25) is 9.48 Å². The fourth-order valence-corrected chi connectivity index (χ4v) is 2.48. The first-order valence-corrected chi connectivity index (χ1v) is 6.84. The largest absolute Gasteiger partial charge is 0.320 e. The van der Waals surface area contributed by atoms with E-state index in [0.29, 0.717) is 20.9 Å². The van der Waals surface area contributed by atoms with E-state index in [9.17, 15) is 4.79 Å². The summed E-state index contributed by atoms with van der Waals surface area (Å²) in [5, 5.41) is 7.63. The molecule has 1 aromatic heterocycles. The Balaban J connectivity index is 2.33. The van der Waals surface area contributed by atoms with Gasteiger partial charge >= 0.3 is 0 Å². The number of carbonyl (C=O) groups excluding carboxylic acids is 1. The summed E-state index contributed by atoms with van der Waals surface area (Å²) >= 11 is 9.31. The van der Waals surface area contributed by atoms with Gasteiger partial charge in [-0.25, -0.2) is 0 Å². The second-order valence-electron chi connectivity index (χ2n) is 4.28. The molecule has 1 N–H and O–H groups in total. The highest BCUT2D eigenvalue weighted by Crippen LogP contribution is 2.24. The molecule has 1 amide bonds. The molecule has 0 bridgehead atoms. The number of benzene rings is 1. The molecule has 0 saturated carbocycles. The van der Waals surface area contributed by atoms with Crippen molar-refractivity contribution in [3.8, 4) is 0 Å². The van der Waals surface area contributed by atoms with E-state index in [1.807, 2.05) is 19.9 Å². The van der Waals surface area contributed by atoms with Crippen LogP contribution in [0.3, 0.4) is 0 Å². The first-order valence-electron chi connectivity index (χ1n) is 5.66. The van der Waals surface area contributed by atoms with Crippen molar-refractivity contribution < 1.29 is 4.79 Å². The molecule has 2 aromatic rings. The van der Waals surface area contributed by atoms with E-state index in [-0.39, 0.29) is 5.91 Å². The molecule has 0 saturated heterocycles. The Morgan fingerprint density at radius 1 is 1.42 bits per heavy atom. The number of hydrogen-bond donors (Lipinski definition) is 1. The first-order chi connectivity index (χ1) is 8.90. The smallest absolute Gasteiger partial charge is 0.275 e. The summed E-state index contributed by atoms with van der Waals surface area (Å²) in [5.41, 5.74) is 2.91. The Morgan fingerprint density at radius 2 is 2.11 bits per heavy atom. The van der Waals surface area contributed by atoms with E-state index in [0.717, 1.165) is 11.3 Å². The molecule has 1 heterocycles. The number of nitrogens with zero attached hydrogens (tertiary/aromatic N) is 2. The van der Waals surface area contributed by atoms with Crippen molar-refractivity contribution in [1.82, 2.24) is 9.78 Å². The molecule has 2 rings (SSSR count). The van der Waals surface area contributed by atoms with Crippen LogP contribution in [0.25, 0.3) is 0 Å². The van der Waals surface area contributed by atoms with Gasteiger partial charge in [0, 0.05) is 17.8 Å². The lowest BCUT2D eigenvalue weighted by Crippen LogP contribution is -2.17. The predicted octanol–water partition coefficient (Wildman–Crippen LogP) is 3.71. The highest BCUT2D eigenvalue weighted by Gasteiger charge is 2.18. The molecule has 0 aliphatic heterocycles. The molecule has 1 aromatic carbocycles. The SMILES string of the molecule is Cc1ccc(Cl)cc1NC(=O)c1c(Br)c(C)nn1C. The number of aromatic nitrogens is 2. The number of amides is 1. The minimum absolute atomic E-state index is 0.222. The normalized spacial score (nSPS) is 10.6. The van der Waals surface area contributed by atoms with Gasteiger partial charge in [0.05, 0.1) is 10.2 Å². The number of nitrogens with one attached hydrogen (secondary N) is 1. The number of hydrogen-bond acceptors (Lipinski definition) is 2. The zero-order valence-electron chi connectivity index (χ0n) is 10.8. The van der Waals surface area contributed by atoms with Gasteiger partial charge < -0.3 is 5.32 Å². The maximum absolute atomic E-state index is 12.3. The van der Waals surface area contributed by atoms with Crippen LogP contribution in [-0.2, 0) is 7.05 Å². The number of carbonyl (C=O) groups is 1. The van der Waals surface area contributed by atoms with E-state index >= 15 is 0 Å². The third-order valence-corrected chi connectivity index (χ3v) is 4.00. The van der Waals surface area contributed by atoms with Crippen molar-refractivity contribution in [1.29, 1.82) is 0 Å². The van der Waals surface area contributed by atoms with Crippen LogP contribution in [-0.4, -0.2) is 15.7 Å². The lowest BCUT2D eigenvalue weighted by Gasteiger charge is -2.09. The van der Waals surface area contributed by atoms with Gasteiger partial charge in [-0.2, -0.15) is 5.10 Å². The predicted molar refractivity (Wildman–Crippen MR) is 79.8 cm³/mol. The Kier molecular flexibility index (Phi) is 3.96. The topological polar surface area (TPSA) is 46.9 Å². The number of halogens is 2. The molecule has 6 heteroatoms. The summed E-state index contributed by atoms with van der Waals surface area (Å²) < 4.78 is 2.25. The molecule has 100 valence electrons. The summed E-state index contributed by atoms with van der Waals surface area (Å²) in [7, 11) is 1.73. The van der Waals surface area contributed by atoms with Crippen molar-refractivity contribution in [2.45, 2.75) is 13.8 Å². The van der Waals surface area contributed by atoms with Crippen molar-refractivity contribution in [3.63, 3.8) is 0 Å². The summed E-state index contributed by atoms with van der Waals surface area (Å²) in [4.78, 5) is 12.3. The highest BCUT2D eigenvalue weighted by molar-refractivity contribution is 9.10. The molecular formula is C13H13BrClN3O. The van der Waals surface area contributed by atoms with Crippen molar-refractivity contribution in [2.24, 2.45) is 7.05 Å². The van der Waals surface area contributed by atoms with E-state index in [1.54, 1.807) is 23.9 Å². The van der Waals surface area contributed by atoms with Crippen molar-refractivity contribution in [3.05, 3.63) is 44.6 Å². The van der Waals surface area contributed by atoms with Crippen LogP contribution in [0, 0.1) is 13.8 Å². The fourth-order valence-electron chi connectivity index (χ4n) is 1.79. The monoisotopic (exact) mass is 341 g/mol. The molecule has 0 atom stereocenters. The van der Waals surface area contributed by atoms with Crippen LogP contribution in [0.15, 0.2) is 22.7 Å². The number of anilines is 1. The first kappa shape index (κ1) is 14.1. The summed E-state index contributed by atoms with van der Waals surface area (Å²) in [5.74, 6) is -0.222. The van der Waals surface area contributed by atoms with E-state index in [1.165, 1.54) is 0 Å². The maximum Gasteiger partial charge on any atom is 0.275 e. The van der Waals surface area contributed by atoms with E-state index < -0.39 is 0 Å². The number of rotatable bonds is 2. The van der Waals surface area contributed by atoms with Gasteiger partial charge in [-0.05, 0) is 47.5 Å². The average Bonchev–Trinajstić information content (AvgIpc) is 2.58. The van der Waals surface area contributed by atoms with Crippen LogP contribution in [0.2, 0.25) is 5.02 Å². The standard InChI is InChI=1S/C13H13BrClN3O/c1-7-4-5-9(15)6-10(7)16-13(19)12-11(14)8(2)17-18(12)3/h4-6H,1-3H3,(H,16,19). The summed E-state index contributed by atoms with van der Waals surface area (Å²) in [6.07, 6.45) is 0. The second kappa shape index (κ2) is 5.35. The third-order valence-electron chi connectivity index (χ3n) is 2.81. The third kappa shape index (κ3) is 2.82. The van der Waals surface area contributed by atoms with Gasteiger partial charge in [0.2, 0.25) is 0 Å². The Morgan fingerprint density at radius 3 is 2.68 bits per heavy atom. The minimum Gasteiger partial charge on any atom is -0.320 e. The molecule has 0 aliphatic carbocycles. The van der Waals surface area contributed by atoms with E-state index in [4.69, 9.17) is 11.6 Å². The van der Waals surface area contributed by atoms with Gasteiger partial charge in [-0.15, -0.1) is 0 Å². The van der Waals surface area contributed by atoms with Gasteiger partial charge in [0.15, 0.2) is 0 Å². The molecule has 0 aliphatic rings. The van der Waals surface area contributed by atoms with Crippen LogP contribution < -0.4 is 5.32 Å². The Bertz CT molecular complexity index is 652. The molecule has 19 heavy (non-hydrogen) atoms. The van der Waals surface area contributed by atoms with Crippen LogP contribution in [0.4, 0.5) is 5.69 Å². The Labute approximate surface area is 124 Å². The number of aryl methyl sites for hydroxylation is 3. The molecule has 0 fully saturated rings. The highest BCUT2D eigenvalue weighted by atomic mass is 79.9. The van der Waals surface area contributed by atoms with E-state index in [2.05, 4.69) is 26.3 Å².